The van der Waals surface area contributed by atoms with E-state index in [2.05, 4.69) is 53.2 Å². The molecule has 130 valence electrons. The second kappa shape index (κ2) is 7.63. The number of fused-ring (bicyclic) bond motifs is 1. The summed E-state index contributed by atoms with van der Waals surface area (Å²) >= 11 is 1.84. The maximum absolute atomic E-state index is 4.75. The van der Waals surface area contributed by atoms with Gasteiger partial charge in [0.15, 0.2) is 0 Å². The van der Waals surface area contributed by atoms with Crippen molar-refractivity contribution in [1.82, 2.24) is 14.9 Å². The summed E-state index contributed by atoms with van der Waals surface area (Å²) in [5.41, 5.74) is 3.67. The molecule has 0 N–H and O–H groups in total. The van der Waals surface area contributed by atoms with E-state index in [1.807, 2.05) is 17.5 Å². The van der Waals surface area contributed by atoms with E-state index in [1.54, 1.807) is 0 Å². The number of likely N-dealkylation sites (tertiary alicyclic amines) is 1. The number of pyridine rings is 1. The van der Waals surface area contributed by atoms with Crippen molar-refractivity contribution in [2.24, 2.45) is 0 Å². The summed E-state index contributed by atoms with van der Waals surface area (Å²) in [5.74, 6) is 0.640. The lowest BCUT2D eigenvalue weighted by Crippen LogP contribution is -2.34. The highest BCUT2D eigenvalue weighted by Gasteiger charge is 2.21. The highest BCUT2D eigenvalue weighted by molar-refractivity contribution is 7.18. The molecule has 0 atom stereocenters. The van der Waals surface area contributed by atoms with Gasteiger partial charge in [-0.1, -0.05) is 18.2 Å². The van der Waals surface area contributed by atoms with Crippen molar-refractivity contribution in [3.63, 3.8) is 0 Å². The van der Waals surface area contributed by atoms with Gasteiger partial charge in [0.25, 0.3) is 0 Å². The standard InChI is InChI=1S/C21H25N3S/c1-16-8-9-18(22-15-16)17-10-13-24(14-11-17)12-4-7-21-23-19-5-2-3-6-20(19)25-21/h2-3,5-6,8-9,15,17H,4,7,10-14H2,1H3. The van der Waals surface area contributed by atoms with Crippen molar-refractivity contribution in [2.45, 2.75) is 38.5 Å². The van der Waals surface area contributed by atoms with Gasteiger partial charge in [-0.2, -0.15) is 0 Å². The first kappa shape index (κ1) is 16.7. The van der Waals surface area contributed by atoms with E-state index in [0.717, 1.165) is 11.9 Å². The van der Waals surface area contributed by atoms with Crippen LogP contribution in [0, 0.1) is 6.92 Å². The number of aromatic nitrogens is 2. The first-order chi connectivity index (χ1) is 12.3. The van der Waals surface area contributed by atoms with Gasteiger partial charge in [-0.3, -0.25) is 4.98 Å². The summed E-state index contributed by atoms with van der Waals surface area (Å²) in [7, 11) is 0. The lowest BCUT2D eigenvalue weighted by Gasteiger charge is -2.31. The first-order valence-electron chi connectivity index (χ1n) is 9.27. The van der Waals surface area contributed by atoms with Crippen molar-refractivity contribution in [3.05, 3.63) is 58.9 Å². The summed E-state index contributed by atoms with van der Waals surface area (Å²) in [6, 6.07) is 12.8. The minimum absolute atomic E-state index is 0.640. The number of benzene rings is 1. The quantitative estimate of drug-likeness (QED) is 0.660. The lowest BCUT2D eigenvalue weighted by molar-refractivity contribution is 0.209. The summed E-state index contributed by atoms with van der Waals surface area (Å²) < 4.78 is 1.31. The molecule has 0 spiro atoms. The van der Waals surface area contributed by atoms with Gasteiger partial charge in [0.2, 0.25) is 0 Å². The zero-order chi connectivity index (χ0) is 17.1. The number of para-hydroxylation sites is 1. The molecule has 4 rings (SSSR count). The van der Waals surface area contributed by atoms with E-state index in [1.165, 1.54) is 59.9 Å². The van der Waals surface area contributed by atoms with Crippen LogP contribution in [0.2, 0.25) is 0 Å². The second-order valence-corrected chi connectivity index (χ2v) is 8.17. The Balaban J connectivity index is 1.24. The number of aryl methyl sites for hydroxylation is 2. The monoisotopic (exact) mass is 351 g/mol. The van der Waals surface area contributed by atoms with E-state index in [0.29, 0.717) is 5.92 Å². The van der Waals surface area contributed by atoms with Gasteiger partial charge < -0.3 is 4.90 Å². The number of hydrogen-bond donors (Lipinski definition) is 0. The molecule has 0 radical (unpaired) electrons. The van der Waals surface area contributed by atoms with Crippen LogP contribution in [0.3, 0.4) is 0 Å². The molecule has 0 amide bonds. The minimum atomic E-state index is 0.640. The Hall–Kier alpha value is -1.78. The van der Waals surface area contributed by atoms with Crippen molar-refractivity contribution in [3.8, 4) is 0 Å². The maximum atomic E-state index is 4.75. The molecular formula is C21H25N3S. The highest BCUT2D eigenvalue weighted by atomic mass is 32.1. The van der Waals surface area contributed by atoms with Crippen molar-refractivity contribution < 1.29 is 0 Å². The molecular weight excluding hydrogens is 326 g/mol. The third-order valence-corrected chi connectivity index (χ3v) is 6.24. The fraction of sp³-hybridized carbons (Fsp3) is 0.429. The highest BCUT2D eigenvalue weighted by Crippen LogP contribution is 2.27. The number of rotatable bonds is 5. The van der Waals surface area contributed by atoms with Crippen LogP contribution >= 0.6 is 11.3 Å². The smallest absolute Gasteiger partial charge is 0.0939 e. The summed E-state index contributed by atoms with van der Waals surface area (Å²) in [4.78, 5) is 12.0. The molecule has 3 aromatic rings. The molecule has 4 heteroatoms. The zero-order valence-electron chi connectivity index (χ0n) is 14.8. The topological polar surface area (TPSA) is 29.0 Å². The Kier molecular flexibility index (Phi) is 5.09. The average molecular weight is 352 g/mol. The summed E-state index contributed by atoms with van der Waals surface area (Å²) in [6.45, 7) is 5.68. The van der Waals surface area contributed by atoms with E-state index in [4.69, 9.17) is 4.98 Å². The molecule has 1 aromatic carbocycles. The molecule has 0 saturated carbocycles. The molecule has 1 aliphatic heterocycles. The van der Waals surface area contributed by atoms with E-state index in [9.17, 15) is 0 Å². The summed E-state index contributed by atoms with van der Waals surface area (Å²) in [6.07, 6.45) is 6.76. The third kappa shape index (κ3) is 4.07. The van der Waals surface area contributed by atoms with Gasteiger partial charge >= 0.3 is 0 Å². The summed E-state index contributed by atoms with van der Waals surface area (Å²) in [5, 5.41) is 1.28. The molecule has 0 aliphatic carbocycles. The average Bonchev–Trinajstić information content (AvgIpc) is 3.06. The van der Waals surface area contributed by atoms with Crippen LogP contribution in [-0.4, -0.2) is 34.5 Å². The van der Waals surface area contributed by atoms with Crippen LogP contribution in [0.4, 0.5) is 0 Å². The van der Waals surface area contributed by atoms with E-state index in [-0.39, 0.29) is 0 Å². The van der Waals surface area contributed by atoms with Gasteiger partial charge in [0.1, 0.15) is 0 Å². The normalized spacial score (nSPS) is 16.5. The van der Waals surface area contributed by atoms with Crippen molar-refractivity contribution in [2.75, 3.05) is 19.6 Å². The molecule has 1 fully saturated rings. The predicted octanol–water partition coefficient (Wildman–Crippen LogP) is 4.81. The Morgan fingerprint density at radius 1 is 1.12 bits per heavy atom. The van der Waals surface area contributed by atoms with E-state index >= 15 is 0 Å². The maximum Gasteiger partial charge on any atom is 0.0939 e. The van der Waals surface area contributed by atoms with Crippen LogP contribution in [0.5, 0.6) is 0 Å². The number of thiazole rings is 1. The first-order valence-corrected chi connectivity index (χ1v) is 10.1. The Morgan fingerprint density at radius 3 is 2.72 bits per heavy atom. The Morgan fingerprint density at radius 2 is 1.96 bits per heavy atom. The molecule has 0 unspecified atom stereocenters. The van der Waals surface area contributed by atoms with Crippen molar-refractivity contribution >= 4 is 21.6 Å². The minimum Gasteiger partial charge on any atom is -0.303 e. The fourth-order valence-electron chi connectivity index (χ4n) is 3.65. The van der Waals surface area contributed by atoms with Crippen LogP contribution in [0.1, 0.15) is 41.4 Å². The largest absolute Gasteiger partial charge is 0.303 e. The number of nitrogens with zero attached hydrogens (tertiary/aromatic N) is 3. The van der Waals surface area contributed by atoms with Crippen LogP contribution in [-0.2, 0) is 6.42 Å². The van der Waals surface area contributed by atoms with Crippen LogP contribution in [0.25, 0.3) is 10.2 Å². The number of piperidine rings is 1. The van der Waals surface area contributed by atoms with Gasteiger partial charge in [0, 0.05) is 24.2 Å². The molecule has 1 aliphatic rings. The van der Waals surface area contributed by atoms with Gasteiger partial charge in [-0.05, 0) is 69.6 Å². The second-order valence-electron chi connectivity index (χ2n) is 7.06. The van der Waals surface area contributed by atoms with Gasteiger partial charge in [-0.25, -0.2) is 4.98 Å². The van der Waals surface area contributed by atoms with Crippen LogP contribution < -0.4 is 0 Å². The zero-order valence-corrected chi connectivity index (χ0v) is 15.6. The molecule has 3 nitrogen and oxygen atoms in total. The predicted molar refractivity (Wildman–Crippen MR) is 105 cm³/mol. The molecule has 0 bridgehead atoms. The Bertz CT molecular complexity index is 784. The lowest BCUT2D eigenvalue weighted by atomic mass is 9.93. The molecule has 1 saturated heterocycles. The van der Waals surface area contributed by atoms with Gasteiger partial charge in [0.05, 0.1) is 15.2 Å². The van der Waals surface area contributed by atoms with E-state index < -0.39 is 0 Å². The Labute approximate surface area is 153 Å². The molecule has 25 heavy (non-hydrogen) atoms. The fourth-order valence-corrected chi connectivity index (χ4v) is 4.66. The third-order valence-electron chi connectivity index (χ3n) is 5.14. The van der Waals surface area contributed by atoms with Crippen molar-refractivity contribution in [1.29, 1.82) is 0 Å². The van der Waals surface area contributed by atoms with Gasteiger partial charge in [-0.15, -0.1) is 11.3 Å². The SMILES string of the molecule is Cc1ccc(C2CCN(CCCc3nc4ccccc4s3)CC2)nc1. The molecule has 3 heterocycles. The number of hydrogen-bond acceptors (Lipinski definition) is 4. The van der Waals surface area contributed by atoms with Crippen LogP contribution in [0.15, 0.2) is 42.6 Å². The molecule has 2 aromatic heterocycles.